The van der Waals surface area contributed by atoms with Gasteiger partial charge in [-0.2, -0.15) is 5.26 Å². The van der Waals surface area contributed by atoms with Crippen LogP contribution in [0, 0.1) is 11.3 Å². The van der Waals surface area contributed by atoms with E-state index in [-0.39, 0.29) is 5.57 Å². The number of carbonyl (C=O) groups is 1. The minimum absolute atomic E-state index is 0.00806. The second-order valence-corrected chi connectivity index (χ2v) is 3.57. The molecule has 15 heavy (non-hydrogen) atoms. The van der Waals surface area contributed by atoms with Gasteiger partial charge in [0.15, 0.2) is 0 Å². The summed E-state index contributed by atoms with van der Waals surface area (Å²) < 4.78 is 0. The SMILES string of the molecule is CS/C(=C(\C#N)C(N)=O)c1ccccc1. The fourth-order valence-corrected chi connectivity index (χ4v) is 1.89. The highest BCUT2D eigenvalue weighted by molar-refractivity contribution is 8.07. The molecule has 1 aromatic carbocycles. The first-order chi connectivity index (χ1) is 7.20. The van der Waals surface area contributed by atoms with Crippen molar-refractivity contribution in [2.75, 3.05) is 6.26 Å². The molecule has 0 fully saturated rings. The first-order valence-electron chi connectivity index (χ1n) is 4.24. The fourth-order valence-electron chi connectivity index (χ4n) is 1.17. The van der Waals surface area contributed by atoms with E-state index in [2.05, 4.69) is 0 Å². The van der Waals surface area contributed by atoms with E-state index in [4.69, 9.17) is 11.0 Å². The van der Waals surface area contributed by atoms with Gasteiger partial charge in [0.25, 0.3) is 5.91 Å². The van der Waals surface area contributed by atoms with E-state index in [1.807, 2.05) is 42.7 Å². The summed E-state index contributed by atoms with van der Waals surface area (Å²) in [6.45, 7) is 0. The molecule has 0 aliphatic heterocycles. The van der Waals surface area contributed by atoms with Gasteiger partial charge in [-0.1, -0.05) is 30.3 Å². The summed E-state index contributed by atoms with van der Waals surface area (Å²) in [6.07, 6.45) is 1.81. The number of primary amides is 1. The van der Waals surface area contributed by atoms with Crippen molar-refractivity contribution < 1.29 is 4.79 Å². The second-order valence-electron chi connectivity index (χ2n) is 2.75. The van der Waals surface area contributed by atoms with Crippen LogP contribution in [0.4, 0.5) is 0 Å². The third kappa shape index (κ3) is 2.61. The zero-order chi connectivity index (χ0) is 11.3. The lowest BCUT2D eigenvalue weighted by Gasteiger charge is -2.05. The van der Waals surface area contributed by atoms with E-state index in [1.165, 1.54) is 11.8 Å². The van der Waals surface area contributed by atoms with Crippen LogP contribution in [0.5, 0.6) is 0 Å². The number of benzene rings is 1. The van der Waals surface area contributed by atoms with Crippen molar-refractivity contribution in [3.8, 4) is 6.07 Å². The van der Waals surface area contributed by atoms with E-state index in [0.717, 1.165) is 5.56 Å². The Morgan fingerprint density at radius 2 is 2.00 bits per heavy atom. The van der Waals surface area contributed by atoms with Crippen molar-refractivity contribution >= 4 is 22.6 Å². The van der Waals surface area contributed by atoms with Gasteiger partial charge in [-0.3, -0.25) is 4.79 Å². The van der Waals surface area contributed by atoms with Gasteiger partial charge in [0.05, 0.1) is 0 Å². The highest BCUT2D eigenvalue weighted by atomic mass is 32.2. The molecule has 4 heteroatoms. The quantitative estimate of drug-likeness (QED) is 0.621. The third-order valence-electron chi connectivity index (χ3n) is 1.83. The molecular weight excluding hydrogens is 208 g/mol. The molecule has 0 aliphatic rings. The van der Waals surface area contributed by atoms with Crippen LogP contribution in [0.2, 0.25) is 0 Å². The molecule has 0 unspecified atom stereocenters. The molecule has 0 heterocycles. The Kier molecular flexibility index (Phi) is 3.95. The summed E-state index contributed by atoms with van der Waals surface area (Å²) >= 11 is 1.34. The lowest BCUT2D eigenvalue weighted by molar-refractivity contribution is -0.114. The standard InChI is InChI=1S/C11H10N2OS/c1-15-10(9(7-12)11(13)14)8-5-3-2-4-6-8/h2-6H,1H3,(H2,13,14)/b10-9+. The molecule has 0 atom stereocenters. The van der Waals surface area contributed by atoms with Gasteiger partial charge in [-0.25, -0.2) is 0 Å². The number of hydrogen-bond acceptors (Lipinski definition) is 3. The molecule has 0 aromatic heterocycles. The lowest BCUT2D eigenvalue weighted by Crippen LogP contribution is -2.13. The summed E-state index contributed by atoms with van der Waals surface area (Å²) in [5.41, 5.74) is 5.97. The predicted molar refractivity (Wildman–Crippen MR) is 61.7 cm³/mol. The number of rotatable bonds is 3. The van der Waals surface area contributed by atoms with Crippen LogP contribution in [0.25, 0.3) is 4.91 Å². The number of nitrogens with two attached hydrogens (primary N) is 1. The molecule has 76 valence electrons. The topological polar surface area (TPSA) is 66.9 Å². The fraction of sp³-hybridized carbons (Fsp3) is 0.0909. The highest BCUT2D eigenvalue weighted by Crippen LogP contribution is 2.28. The Morgan fingerprint density at radius 3 is 2.40 bits per heavy atom. The average Bonchev–Trinajstić information content (AvgIpc) is 2.26. The maximum atomic E-state index is 11.0. The highest BCUT2D eigenvalue weighted by Gasteiger charge is 2.12. The number of hydrogen-bond donors (Lipinski definition) is 1. The lowest BCUT2D eigenvalue weighted by atomic mass is 10.1. The summed E-state index contributed by atoms with van der Waals surface area (Å²) in [6, 6.07) is 11.1. The molecular formula is C11H10N2OS. The van der Waals surface area contributed by atoms with Gasteiger partial charge in [-0.05, 0) is 11.8 Å². The first kappa shape index (κ1) is 11.3. The van der Waals surface area contributed by atoms with E-state index < -0.39 is 5.91 Å². The Morgan fingerprint density at radius 1 is 1.40 bits per heavy atom. The van der Waals surface area contributed by atoms with Gasteiger partial charge in [0.1, 0.15) is 11.6 Å². The zero-order valence-electron chi connectivity index (χ0n) is 8.23. The molecule has 0 radical (unpaired) electrons. The summed E-state index contributed by atoms with van der Waals surface area (Å²) in [5.74, 6) is -0.689. The third-order valence-corrected chi connectivity index (χ3v) is 2.67. The van der Waals surface area contributed by atoms with Crippen LogP contribution in [0.3, 0.4) is 0 Å². The average molecular weight is 218 g/mol. The van der Waals surface area contributed by atoms with E-state index in [9.17, 15) is 4.79 Å². The first-order valence-corrected chi connectivity index (χ1v) is 5.46. The summed E-state index contributed by atoms with van der Waals surface area (Å²) in [7, 11) is 0. The maximum Gasteiger partial charge on any atom is 0.260 e. The molecule has 1 rings (SSSR count). The second kappa shape index (κ2) is 5.23. The minimum Gasteiger partial charge on any atom is -0.365 e. The Labute approximate surface area is 92.6 Å². The molecule has 0 bridgehead atoms. The Balaban J connectivity index is 3.31. The Bertz CT molecular complexity index is 432. The van der Waals surface area contributed by atoms with Crippen molar-refractivity contribution in [2.24, 2.45) is 5.73 Å². The number of amides is 1. The molecule has 0 spiro atoms. The van der Waals surface area contributed by atoms with Gasteiger partial charge in [-0.15, -0.1) is 11.8 Å². The molecule has 0 saturated carbocycles. The maximum absolute atomic E-state index is 11.0. The molecule has 1 amide bonds. The van der Waals surface area contributed by atoms with Crippen molar-refractivity contribution in [3.63, 3.8) is 0 Å². The van der Waals surface area contributed by atoms with Crippen LogP contribution in [0.15, 0.2) is 35.9 Å². The van der Waals surface area contributed by atoms with E-state index >= 15 is 0 Å². The van der Waals surface area contributed by atoms with Gasteiger partial charge >= 0.3 is 0 Å². The van der Waals surface area contributed by atoms with Crippen LogP contribution in [-0.4, -0.2) is 12.2 Å². The minimum atomic E-state index is -0.689. The van der Waals surface area contributed by atoms with Crippen LogP contribution >= 0.6 is 11.8 Å². The number of thioether (sulfide) groups is 1. The van der Waals surface area contributed by atoms with Crippen molar-refractivity contribution in [3.05, 3.63) is 41.5 Å². The Hall–Kier alpha value is -1.73. The normalized spacial score (nSPS) is 11.5. The molecule has 1 aromatic rings. The van der Waals surface area contributed by atoms with E-state index in [1.54, 1.807) is 0 Å². The van der Waals surface area contributed by atoms with Crippen LogP contribution in [0.1, 0.15) is 5.56 Å². The summed E-state index contributed by atoms with van der Waals surface area (Å²) in [4.78, 5) is 11.6. The predicted octanol–water partition coefficient (Wildman–Crippen LogP) is 1.77. The molecule has 2 N–H and O–H groups in total. The molecule has 3 nitrogen and oxygen atoms in total. The number of carbonyl (C=O) groups excluding carboxylic acids is 1. The largest absolute Gasteiger partial charge is 0.365 e. The zero-order valence-corrected chi connectivity index (χ0v) is 9.04. The van der Waals surface area contributed by atoms with Gasteiger partial charge < -0.3 is 5.73 Å². The van der Waals surface area contributed by atoms with Gasteiger partial charge in [0.2, 0.25) is 0 Å². The van der Waals surface area contributed by atoms with Crippen molar-refractivity contribution in [1.29, 1.82) is 5.26 Å². The number of nitriles is 1. The van der Waals surface area contributed by atoms with Crippen LogP contribution in [-0.2, 0) is 4.79 Å². The van der Waals surface area contributed by atoms with E-state index in [0.29, 0.717) is 4.91 Å². The summed E-state index contributed by atoms with van der Waals surface area (Å²) in [5, 5.41) is 8.84. The number of nitrogens with zero attached hydrogens (tertiary/aromatic N) is 1. The molecule has 0 aliphatic carbocycles. The molecule has 0 saturated heterocycles. The van der Waals surface area contributed by atoms with Crippen molar-refractivity contribution in [1.82, 2.24) is 0 Å². The monoisotopic (exact) mass is 218 g/mol. The van der Waals surface area contributed by atoms with Crippen molar-refractivity contribution in [2.45, 2.75) is 0 Å². The van der Waals surface area contributed by atoms with Gasteiger partial charge in [0, 0.05) is 4.91 Å². The smallest absolute Gasteiger partial charge is 0.260 e. The van der Waals surface area contributed by atoms with Crippen LogP contribution < -0.4 is 5.73 Å².